The van der Waals surface area contributed by atoms with E-state index in [0.29, 0.717) is 17.1 Å². The molecule has 2 rings (SSSR count). The minimum Gasteiger partial charge on any atom is -0.496 e. The Labute approximate surface area is 119 Å². The van der Waals surface area contributed by atoms with Gasteiger partial charge >= 0.3 is 5.97 Å². The molecule has 0 unspecified atom stereocenters. The lowest BCUT2D eigenvalue weighted by Gasteiger charge is -2.07. The van der Waals surface area contributed by atoms with Crippen molar-refractivity contribution in [1.29, 1.82) is 0 Å². The highest BCUT2D eigenvalue weighted by Crippen LogP contribution is 2.29. The van der Waals surface area contributed by atoms with Gasteiger partial charge in [-0.3, -0.25) is 10.1 Å². The van der Waals surface area contributed by atoms with Crippen LogP contribution < -0.4 is 4.74 Å². The van der Waals surface area contributed by atoms with E-state index < -0.39 is 10.9 Å². The van der Waals surface area contributed by atoms with Crippen molar-refractivity contribution in [2.24, 2.45) is 0 Å². The number of carboxylic acid groups (broad SMARTS) is 1. The van der Waals surface area contributed by atoms with Gasteiger partial charge in [0.25, 0.3) is 5.69 Å². The van der Waals surface area contributed by atoms with Crippen LogP contribution in [0.1, 0.15) is 21.7 Å². The lowest BCUT2D eigenvalue weighted by atomic mass is 10.2. The second-order valence-corrected chi connectivity index (χ2v) is 4.37. The van der Waals surface area contributed by atoms with E-state index in [2.05, 4.69) is 5.10 Å². The van der Waals surface area contributed by atoms with E-state index in [1.807, 2.05) is 0 Å². The zero-order valence-corrected chi connectivity index (χ0v) is 11.7. The summed E-state index contributed by atoms with van der Waals surface area (Å²) in [4.78, 5) is 21.8. The van der Waals surface area contributed by atoms with Gasteiger partial charge in [-0.2, -0.15) is 5.10 Å². The van der Waals surface area contributed by atoms with Crippen LogP contribution in [0.5, 0.6) is 5.75 Å². The molecule has 8 heteroatoms. The molecular formula is C13H13N3O5. The molecule has 2 aromatic rings. The molecule has 1 aromatic carbocycles. The van der Waals surface area contributed by atoms with Gasteiger partial charge < -0.3 is 9.84 Å². The van der Waals surface area contributed by atoms with Gasteiger partial charge in [-0.1, -0.05) is 0 Å². The van der Waals surface area contributed by atoms with Crippen molar-refractivity contribution < 1.29 is 19.6 Å². The summed E-state index contributed by atoms with van der Waals surface area (Å²) in [6, 6.07) is 4.30. The van der Waals surface area contributed by atoms with Gasteiger partial charge in [0, 0.05) is 0 Å². The number of aryl methyl sites for hydroxylation is 1. The summed E-state index contributed by atoms with van der Waals surface area (Å²) in [5, 5.41) is 24.4. The molecule has 1 aromatic heterocycles. The molecule has 0 amide bonds. The summed E-state index contributed by atoms with van der Waals surface area (Å²) in [6.45, 7) is 3.10. The van der Waals surface area contributed by atoms with Crippen LogP contribution in [0.3, 0.4) is 0 Å². The van der Waals surface area contributed by atoms with Crippen LogP contribution in [0.2, 0.25) is 0 Å². The van der Waals surface area contributed by atoms with Crippen LogP contribution in [0, 0.1) is 24.0 Å². The second kappa shape index (κ2) is 5.23. The molecule has 0 saturated heterocycles. The molecule has 0 radical (unpaired) electrons. The Morgan fingerprint density at radius 1 is 1.43 bits per heavy atom. The number of aromatic carboxylic acids is 1. The summed E-state index contributed by atoms with van der Waals surface area (Å²) in [5.41, 5.74) is 0.643. The van der Waals surface area contributed by atoms with E-state index >= 15 is 0 Å². The number of hydrogen-bond donors (Lipinski definition) is 1. The van der Waals surface area contributed by atoms with Crippen LogP contribution in [0.15, 0.2) is 18.2 Å². The number of nitrogens with zero attached hydrogens (tertiary/aromatic N) is 3. The number of hydrogen-bond acceptors (Lipinski definition) is 5. The van der Waals surface area contributed by atoms with Gasteiger partial charge in [-0.05, 0) is 26.0 Å². The Morgan fingerprint density at radius 2 is 2.10 bits per heavy atom. The van der Waals surface area contributed by atoms with Gasteiger partial charge in [-0.15, -0.1) is 0 Å². The molecular weight excluding hydrogens is 278 g/mol. The third kappa shape index (κ3) is 2.42. The van der Waals surface area contributed by atoms with E-state index in [1.54, 1.807) is 19.9 Å². The largest absolute Gasteiger partial charge is 0.496 e. The maximum atomic E-state index is 11.2. The number of nitro groups is 1. The van der Waals surface area contributed by atoms with Gasteiger partial charge in [0.1, 0.15) is 17.0 Å². The quantitative estimate of drug-likeness (QED) is 0.682. The molecule has 0 atom stereocenters. The predicted molar refractivity (Wildman–Crippen MR) is 73.2 cm³/mol. The Bertz CT molecular complexity index is 736. The van der Waals surface area contributed by atoms with Gasteiger partial charge in [0.2, 0.25) is 0 Å². The van der Waals surface area contributed by atoms with Crippen LogP contribution in [0.25, 0.3) is 5.69 Å². The first-order valence-corrected chi connectivity index (χ1v) is 5.99. The van der Waals surface area contributed by atoms with E-state index in [-0.39, 0.29) is 16.9 Å². The summed E-state index contributed by atoms with van der Waals surface area (Å²) >= 11 is 0. The monoisotopic (exact) mass is 291 g/mol. The highest BCUT2D eigenvalue weighted by atomic mass is 16.6. The van der Waals surface area contributed by atoms with E-state index in [4.69, 9.17) is 9.84 Å². The summed E-state index contributed by atoms with van der Waals surface area (Å²) in [6.07, 6.45) is 0. The fourth-order valence-corrected chi connectivity index (χ4v) is 2.14. The molecule has 0 bridgehead atoms. The van der Waals surface area contributed by atoms with Crippen LogP contribution >= 0.6 is 0 Å². The molecule has 0 aliphatic carbocycles. The summed E-state index contributed by atoms with van der Waals surface area (Å²) in [7, 11) is 1.41. The molecule has 1 heterocycles. The lowest BCUT2D eigenvalue weighted by molar-refractivity contribution is -0.384. The van der Waals surface area contributed by atoms with Crippen molar-refractivity contribution in [3.8, 4) is 11.4 Å². The summed E-state index contributed by atoms with van der Waals surface area (Å²) in [5.74, 6) is -0.780. The molecule has 1 N–H and O–H groups in total. The second-order valence-electron chi connectivity index (χ2n) is 4.37. The van der Waals surface area contributed by atoms with Crippen LogP contribution in [0.4, 0.5) is 5.69 Å². The minimum atomic E-state index is -1.12. The first-order valence-electron chi connectivity index (χ1n) is 5.99. The molecule has 0 aliphatic heterocycles. The van der Waals surface area contributed by atoms with Crippen molar-refractivity contribution in [2.45, 2.75) is 13.8 Å². The Balaban J connectivity index is 2.70. The number of benzene rings is 1. The first-order chi connectivity index (χ1) is 9.86. The standard InChI is InChI=1S/C13H13N3O5/c1-7-12(13(17)18)8(2)15(14-7)10-5-4-9(21-3)6-11(10)16(19)20/h4-6H,1-3H3,(H,17,18). The zero-order valence-electron chi connectivity index (χ0n) is 11.7. The maximum Gasteiger partial charge on any atom is 0.339 e. The SMILES string of the molecule is COc1ccc(-n2nc(C)c(C(=O)O)c2C)c([N+](=O)[O-])c1. The molecule has 110 valence electrons. The average molecular weight is 291 g/mol. The molecule has 0 spiro atoms. The van der Waals surface area contributed by atoms with E-state index in [0.717, 1.165) is 0 Å². The number of carboxylic acids is 1. The number of ether oxygens (including phenoxy) is 1. The Kier molecular flexibility index (Phi) is 3.62. The van der Waals surface area contributed by atoms with Crippen molar-refractivity contribution in [3.63, 3.8) is 0 Å². The highest BCUT2D eigenvalue weighted by Gasteiger charge is 2.23. The molecule has 8 nitrogen and oxygen atoms in total. The predicted octanol–water partition coefficient (Wildman–Crippen LogP) is 2.10. The smallest absolute Gasteiger partial charge is 0.339 e. The van der Waals surface area contributed by atoms with Gasteiger partial charge in [0.15, 0.2) is 0 Å². The third-order valence-electron chi connectivity index (χ3n) is 3.11. The lowest BCUT2D eigenvalue weighted by Crippen LogP contribution is -2.05. The van der Waals surface area contributed by atoms with Crippen molar-refractivity contribution in [3.05, 3.63) is 45.3 Å². The van der Waals surface area contributed by atoms with Crippen LogP contribution in [-0.4, -0.2) is 32.9 Å². The van der Waals surface area contributed by atoms with Crippen molar-refractivity contribution in [1.82, 2.24) is 9.78 Å². The third-order valence-corrected chi connectivity index (χ3v) is 3.11. The zero-order chi connectivity index (χ0) is 15.7. The summed E-state index contributed by atoms with van der Waals surface area (Å²) < 4.78 is 6.23. The Morgan fingerprint density at radius 3 is 2.57 bits per heavy atom. The normalized spacial score (nSPS) is 10.4. The number of nitro benzene ring substituents is 1. The minimum absolute atomic E-state index is 0.0418. The number of aromatic nitrogens is 2. The fourth-order valence-electron chi connectivity index (χ4n) is 2.14. The number of methoxy groups -OCH3 is 1. The van der Waals surface area contributed by atoms with Crippen molar-refractivity contribution >= 4 is 11.7 Å². The molecule has 0 aliphatic rings. The topological polar surface area (TPSA) is 107 Å². The highest BCUT2D eigenvalue weighted by molar-refractivity contribution is 5.90. The molecule has 21 heavy (non-hydrogen) atoms. The van der Waals surface area contributed by atoms with Gasteiger partial charge in [-0.25, -0.2) is 9.48 Å². The van der Waals surface area contributed by atoms with Crippen molar-refractivity contribution in [2.75, 3.05) is 7.11 Å². The average Bonchev–Trinajstić information content (AvgIpc) is 2.73. The fraction of sp³-hybridized carbons (Fsp3) is 0.231. The number of carbonyl (C=O) groups is 1. The number of rotatable bonds is 4. The van der Waals surface area contributed by atoms with E-state index in [1.165, 1.54) is 23.9 Å². The molecule has 0 saturated carbocycles. The first kappa shape index (κ1) is 14.5. The van der Waals surface area contributed by atoms with Crippen LogP contribution in [-0.2, 0) is 0 Å². The molecule has 0 fully saturated rings. The van der Waals surface area contributed by atoms with E-state index in [9.17, 15) is 14.9 Å². The maximum absolute atomic E-state index is 11.2. The van der Waals surface area contributed by atoms with Gasteiger partial charge in [0.05, 0.1) is 29.5 Å². The Hall–Kier alpha value is -2.90.